The quantitative estimate of drug-likeness (QED) is 0.883. The van der Waals surface area contributed by atoms with Gasteiger partial charge in [-0.15, -0.1) is 13.2 Å². The molecule has 0 aliphatic carbocycles. The summed E-state index contributed by atoms with van der Waals surface area (Å²) in [5.41, 5.74) is 0.477. The van der Waals surface area contributed by atoms with Crippen molar-refractivity contribution in [1.82, 2.24) is 4.98 Å². The van der Waals surface area contributed by atoms with Crippen LogP contribution in [0.1, 0.15) is 5.56 Å². The highest BCUT2D eigenvalue weighted by molar-refractivity contribution is 7.89. The Kier molecular flexibility index (Phi) is 4.99. The zero-order chi connectivity index (χ0) is 18.0. The Hall–Kier alpha value is -2.33. The van der Waals surface area contributed by atoms with Crippen LogP contribution in [0.2, 0.25) is 0 Å². The predicted molar refractivity (Wildman–Crippen MR) is 80.8 cm³/mol. The molecule has 0 spiro atoms. The van der Waals surface area contributed by atoms with E-state index in [-0.39, 0.29) is 23.0 Å². The first-order chi connectivity index (χ1) is 11.1. The summed E-state index contributed by atoms with van der Waals surface area (Å²) in [6, 6.07) is 8.10. The molecule has 2 N–H and O–H groups in total. The van der Waals surface area contributed by atoms with Crippen molar-refractivity contribution in [3.05, 3.63) is 48.2 Å². The van der Waals surface area contributed by atoms with Gasteiger partial charge in [-0.25, -0.2) is 18.5 Å². The largest absolute Gasteiger partial charge is 0.573 e. The number of hydrogen-bond acceptors (Lipinski definition) is 5. The van der Waals surface area contributed by atoms with Crippen LogP contribution in [0.15, 0.2) is 47.5 Å². The van der Waals surface area contributed by atoms with Gasteiger partial charge in [-0.1, -0.05) is 12.1 Å². The lowest BCUT2D eigenvalue weighted by molar-refractivity contribution is -0.274. The van der Waals surface area contributed by atoms with Crippen LogP contribution in [0.3, 0.4) is 0 Å². The third-order valence-electron chi connectivity index (χ3n) is 2.97. The highest BCUT2D eigenvalue weighted by atomic mass is 32.2. The smallest absolute Gasteiger partial charge is 0.406 e. The fraction of sp³-hybridized carbons (Fsp3) is 0.214. The van der Waals surface area contributed by atoms with Gasteiger partial charge in [0, 0.05) is 19.8 Å². The molecule has 0 bridgehead atoms. The third-order valence-corrected chi connectivity index (χ3v) is 3.90. The van der Waals surface area contributed by atoms with Gasteiger partial charge in [0.2, 0.25) is 10.0 Å². The van der Waals surface area contributed by atoms with Gasteiger partial charge in [-0.2, -0.15) is 0 Å². The lowest BCUT2D eigenvalue weighted by Gasteiger charge is -2.20. The second-order valence-corrected chi connectivity index (χ2v) is 6.45. The number of sulfonamides is 1. The van der Waals surface area contributed by atoms with Crippen molar-refractivity contribution in [2.75, 3.05) is 11.9 Å². The van der Waals surface area contributed by atoms with E-state index < -0.39 is 16.4 Å². The average molecular weight is 361 g/mol. The van der Waals surface area contributed by atoms with E-state index in [2.05, 4.69) is 9.72 Å². The van der Waals surface area contributed by atoms with Gasteiger partial charge >= 0.3 is 6.36 Å². The van der Waals surface area contributed by atoms with Crippen LogP contribution >= 0.6 is 0 Å². The number of nitrogens with zero attached hydrogens (tertiary/aromatic N) is 2. The first-order valence-corrected chi connectivity index (χ1v) is 8.14. The first kappa shape index (κ1) is 18.0. The van der Waals surface area contributed by atoms with Crippen molar-refractivity contribution in [3.8, 4) is 5.75 Å². The number of benzene rings is 1. The van der Waals surface area contributed by atoms with E-state index in [0.717, 1.165) is 0 Å². The summed E-state index contributed by atoms with van der Waals surface area (Å²) in [5, 5.41) is 5.14. The van der Waals surface area contributed by atoms with E-state index in [4.69, 9.17) is 5.14 Å². The van der Waals surface area contributed by atoms with Gasteiger partial charge in [0.05, 0.1) is 0 Å². The number of halogens is 3. The number of alkyl halides is 3. The molecule has 1 heterocycles. The molecule has 0 amide bonds. The Balaban J connectivity index is 2.25. The molecule has 10 heteroatoms. The van der Waals surface area contributed by atoms with E-state index in [0.29, 0.717) is 5.56 Å². The summed E-state index contributed by atoms with van der Waals surface area (Å²) in [7, 11) is -2.43. The number of pyridine rings is 1. The molecule has 1 aromatic heterocycles. The van der Waals surface area contributed by atoms with Crippen LogP contribution < -0.4 is 14.8 Å². The second-order valence-electron chi connectivity index (χ2n) is 4.92. The lowest BCUT2D eigenvalue weighted by atomic mass is 10.2. The zero-order valence-electron chi connectivity index (χ0n) is 12.5. The maximum absolute atomic E-state index is 12.3. The van der Waals surface area contributed by atoms with Gasteiger partial charge in [0.15, 0.2) is 0 Å². The molecule has 1 aromatic carbocycles. The summed E-state index contributed by atoms with van der Waals surface area (Å²) in [6.45, 7) is 0.106. The number of aromatic nitrogens is 1. The topological polar surface area (TPSA) is 85.5 Å². The number of anilines is 1. The van der Waals surface area contributed by atoms with E-state index in [1.165, 1.54) is 41.4 Å². The van der Waals surface area contributed by atoms with Gasteiger partial charge < -0.3 is 9.64 Å². The standard InChI is InChI=1S/C14H14F3N3O3S/c1-20(13-12(24(18,21)22)6-3-7-19-13)9-10-4-2-5-11(8-10)23-14(15,16)17/h2-8H,9H2,1H3,(H2,18,21,22). The van der Waals surface area contributed by atoms with Gasteiger partial charge in [-0.3, -0.25) is 0 Å². The molecule has 2 aromatic rings. The first-order valence-electron chi connectivity index (χ1n) is 6.60. The van der Waals surface area contributed by atoms with Crippen molar-refractivity contribution in [2.24, 2.45) is 5.14 Å². The molecular weight excluding hydrogens is 347 g/mol. The van der Waals surface area contributed by atoms with Crippen molar-refractivity contribution < 1.29 is 26.3 Å². The molecule has 0 unspecified atom stereocenters. The maximum atomic E-state index is 12.3. The second kappa shape index (κ2) is 6.65. The van der Waals surface area contributed by atoms with Gasteiger partial charge in [-0.05, 0) is 29.8 Å². The molecule has 2 rings (SSSR count). The van der Waals surface area contributed by atoms with Crippen LogP contribution in [-0.4, -0.2) is 26.8 Å². The Morgan fingerprint density at radius 3 is 2.58 bits per heavy atom. The minimum absolute atomic E-state index is 0.0992. The molecular formula is C14H14F3N3O3S. The molecule has 0 fully saturated rings. The highest BCUT2D eigenvalue weighted by Crippen LogP contribution is 2.25. The lowest BCUT2D eigenvalue weighted by Crippen LogP contribution is -2.23. The Labute approximate surface area is 136 Å². The zero-order valence-corrected chi connectivity index (χ0v) is 13.3. The number of nitrogens with two attached hydrogens (primary N) is 1. The van der Waals surface area contributed by atoms with Crippen molar-refractivity contribution in [2.45, 2.75) is 17.8 Å². The Morgan fingerprint density at radius 2 is 1.96 bits per heavy atom. The summed E-state index contributed by atoms with van der Waals surface area (Å²) in [6.07, 6.45) is -3.39. The third kappa shape index (κ3) is 4.83. The number of ether oxygens (including phenoxy) is 1. The predicted octanol–water partition coefficient (Wildman–Crippen LogP) is 2.26. The number of rotatable bonds is 5. The van der Waals surface area contributed by atoms with Gasteiger partial charge in [0.1, 0.15) is 16.5 Å². The fourth-order valence-corrected chi connectivity index (χ4v) is 2.81. The van der Waals surface area contributed by atoms with Crippen molar-refractivity contribution in [1.29, 1.82) is 0 Å². The Morgan fingerprint density at radius 1 is 1.25 bits per heavy atom. The summed E-state index contributed by atoms with van der Waals surface area (Å²) in [5.74, 6) is -0.261. The van der Waals surface area contributed by atoms with Crippen LogP contribution in [0, 0.1) is 0 Å². The molecule has 0 radical (unpaired) electrons. The molecule has 0 aliphatic rings. The monoisotopic (exact) mass is 361 g/mol. The average Bonchev–Trinajstić information content (AvgIpc) is 2.45. The minimum atomic E-state index is -4.79. The normalized spacial score (nSPS) is 12.0. The molecule has 0 atom stereocenters. The van der Waals surface area contributed by atoms with E-state index >= 15 is 0 Å². The van der Waals surface area contributed by atoms with Crippen molar-refractivity contribution in [3.63, 3.8) is 0 Å². The van der Waals surface area contributed by atoms with Crippen LogP contribution in [-0.2, 0) is 16.6 Å². The fourth-order valence-electron chi connectivity index (χ4n) is 2.08. The van der Waals surface area contributed by atoms with E-state index in [1.54, 1.807) is 13.1 Å². The van der Waals surface area contributed by atoms with E-state index in [1.807, 2.05) is 0 Å². The molecule has 0 saturated carbocycles. The minimum Gasteiger partial charge on any atom is -0.406 e. The summed E-state index contributed by atoms with van der Waals surface area (Å²) in [4.78, 5) is 5.27. The summed E-state index contributed by atoms with van der Waals surface area (Å²) >= 11 is 0. The molecule has 0 saturated heterocycles. The molecule has 130 valence electrons. The van der Waals surface area contributed by atoms with Crippen LogP contribution in [0.25, 0.3) is 0 Å². The number of hydrogen-bond donors (Lipinski definition) is 1. The molecule has 24 heavy (non-hydrogen) atoms. The Bertz CT molecular complexity index is 825. The maximum Gasteiger partial charge on any atom is 0.573 e. The van der Waals surface area contributed by atoms with Crippen LogP contribution in [0.5, 0.6) is 5.75 Å². The van der Waals surface area contributed by atoms with Crippen molar-refractivity contribution >= 4 is 15.8 Å². The van der Waals surface area contributed by atoms with Crippen LogP contribution in [0.4, 0.5) is 19.0 Å². The summed E-state index contributed by atoms with van der Waals surface area (Å²) < 4.78 is 63.8. The highest BCUT2D eigenvalue weighted by Gasteiger charge is 2.31. The number of primary sulfonamides is 1. The van der Waals surface area contributed by atoms with Gasteiger partial charge in [0.25, 0.3) is 0 Å². The van der Waals surface area contributed by atoms with E-state index in [9.17, 15) is 21.6 Å². The molecule has 6 nitrogen and oxygen atoms in total. The molecule has 0 aliphatic heterocycles. The SMILES string of the molecule is CN(Cc1cccc(OC(F)(F)F)c1)c1ncccc1S(N)(=O)=O.